The highest BCUT2D eigenvalue weighted by atomic mass is 16.5. The number of fused-ring (bicyclic) bond motifs is 1. The summed E-state index contributed by atoms with van der Waals surface area (Å²) < 4.78 is 11.8. The van der Waals surface area contributed by atoms with Crippen LogP contribution in [0.3, 0.4) is 0 Å². The van der Waals surface area contributed by atoms with Crippen LogP contribution < -0.4 is 4.74 Å². The first-order valence-corrected chi connectivity index (χ1v) is 11.1. The highest BCUT2D eigenvalue weighted by Crippen LogP contribution is 2.38. The smallest absolute Gasteiger partial charge is 0.334 e. The number of carbonyl (C=O) groups excluding carboxylic acids is 1. The number of phenolic OH excluding ortho intramolecular Hbond substituents is 1. The molecule has 1 N–H and O–H groups in total. The minimum Gasteiger partial charge on any atom is -0.508 e. The van der Waals surface area contributed by atoms with Gasteiger partial charge in [-0.25, -0.2) is 4.79 Å². The summed E-state index contributed by atoms with van der Waals surface area (Å²) in [5.74, 6) is 0.925. The topological polar surface area (TPSA) is 55.8 Å². The number of aromatic hydroxyl groups is 1. The van der Waals surface area contributed by atoms with Gasteiger partial charge in [-0.05, 0) is 90.2 Å². The molecule has 0 unspecified atom stereocenters. The van der Waals surface area contributed by atoms with Crippen LogP contribution >= 0.6 is 0 Å². The van der Waals surface area contributed by atoms with Gasteiger partial charge in [0.1, 0.15) is 23.2 Å². The maximum Gasteiger partial charge on any atom is 0.334 e. The van der Waals surface area contributed by atoms with Crippen LogP contribution in [0.25, 0.3) is 6.08 Å². The predicted octanol–water partition coefficient (Wildman–Crippen LogP) is 6.58. The molecular weight excluding hydrogens is 388 g/mol. The Labute approximate surface area is 186 Å². The van der Waals surface area contributed by atoms with Crippen molar-refractivity contribution in [1.29, 1.82) is 0 Å². The Morgan fingerprint density at radius 3 is 2.71 bits per heavy atom. The predicted molar refractivity (Wildman–Crippen MR) is 125 cm³/mol. The van der Waals surface area contributed by atoms with E-state index in [4.69, 9.17) is 9.47 Å². The van der Waals surface area contributed by atoms with Crippen LogP contribution in [0.5, 0.6) is 11.5 Å². The molecule has 2 aliphatic heterocycles. The van der Waals surface area contributed by atoms with Crippen LogP contribution in [0.1, 0.15) is 70.9 Å². The van der Waals surface area contributed by atoms with Crippen LogP contribution in [-0.4, -0.2) is 22.8 Å². The average Bonchev–Trinajstić information content (AvgIpc) is 3.01. The summed E-state index contributed by atoms with van der Waals surface area (Å²) in [4.78, 5) is 12.1. The van der Waals surface area contributed by atoms with Crippen molar-refractivity contribution in [1.82, 2.24) is 0 Å². The number of phenols is 1. The lowest BCUT2D eigenvalue weighted by Gasteiger charge is -2.32. The average molecular weight is 423 g/mol. The number of hydrogen-bond acceptors (Lipinski definition) is 4. The van der Waals surface area contributed by atoms with Gasteiger partial charge in [-0.1, -0.05) is 29.4 Å². The lowest BCUT2D eigenvalue weighted by molar-refractivity contribution is -0.139. The molecule has 1 aromatic carbocycles. The normalized spacial score (nSPS) is 22.5. The zero-order chi connectivity index (χ0) is 22.6. The summed E-state index contributed by atoms with van der Waals surface area (Å²) in [5.41, 5.74) is 4.74. The maximum absolute atomic E-state index is 12.1. The minimum atomic E-state index is -0.386. The summed E-state index contributed by atoms with van der Waals surface area (Å²) in [6.07, 6.45) is 14.3. The summed E-state index contributed by atoms with van der Waals surface area (Å²) in [7, 11) is 0. The minimum absolute atomic E-state index is 0.158. The highest BCUT2D eigenvalue weighted by molar-refractivity contribution is 5.90. The van der Waals surface area contributed by atoms with Crippen molar-refractivity contribution in [2.75, 3.05) is 0 Å². The number of allylic oxidation sites excluding steroid dienone is 3. The van der Waals surface area contributed by atoms with E-state index in [0.29, 0.717) is 0 Å². The second-order valence-electron chi connectivity index (χ2n) is 9.18. The summed E-state index contributed by atoms with van der Waals surface area (Å²) in [5, 5.41) is 9.78. The van der Waals surface area contributed by atoms with Gasteiger partial charge in [0, 0.05) is 17.6 Å². The SMILES string of the molecule is CC(C)=CCCC1=C[C@@H](CC(C)=CCC[C@@]2(C)C=Cc3cc(O)cc(C)c3O2)OC1=O. The maximum atomic E-state index is 12.1. The zero-order valence-corrected chi connectivity index (χ0v) is 19.3. The number of rotatable bonds is 8. The fourth-order valence-corrected chi connectivity index (χ4v) is 4.06. The van der Waals surface area contributed by atoms with Crippen molar-refractivity contribution in [3.63, 3.8) is 0 Å². The summed E-state index contributed by atoms with van der Waals surface area (Å²) in [6, 6.07) is 3.46. The number of esters is 1. The second-order valence-corrected chi connectivity index (χ2v) is 9.18. The number of ether oxygens (including phenoxy) is 2. The number of cyclic esters (lactones) is 1. The first-order valence-electron chi connectivity index (χ1n) is 11.1. The van der Waals surface area contributed by atoms with E-state index in [0.717, 1.165) is 54.6 Å². The standard InChI is InChI=1S/C27H34O4/c1-18(2)8-6-10-22-17-24(30-26(22)29)14-19(3)9-7-12-27(5)13-11-21-16-23(28)15-20(4)25(21)31-27/h8-9,11,13,15-17,24,28H,6-7,10,12,14H2,1-5H3/t24-,27+/m1/s1. The summed E-state index contributed by atoms with van der Waals surface area (Å²) >= 11 is 0. The third-order valence-electron chi connectivity index (χ3n) is 5.77. The van der Waals surface area contributed by atoms with E-state index < -0.39 is 0 Å². The van der Waals surface area contributed by atoms with Gasteiger partial charge in [0.2, 0.25) is 0 Å². The van der Waals surface area contributed by atoms with Gasteiger partial charge >= 0.3 is 5.97 Å². The van der Waals surface area contributed by atoms with E-state index >= 15 is 0 Å². The lowest BCUT2D eigenvalue weighted by atomic mass is 9.93. The van der Waals surface area contributed by atoms with Crippen molar-refractivity contribution in [3.8, 4) is 11.5 Å². The number of aryl methyl sites for hydroxylation is 1. The second kappa shape index (κ2) is 9.59. The Balaban J connectivity index is 1.53. The molecule has 1 aromatic rings. The Morgan fingerprint density at radius 1 is 1.19 bits per heavy atom. The molecule has 2 aliphatic rings. The van der Waals surface area contributed by atoms with Gasteiger partial charge in [-0.2, -0.15) is 0 Å². The van der Waals surface area contributed by atoms with Crippen LogP contribution in [0.4, 0.5) is 0 Å². The number of carbonyl (C=O) groups is 1. The highest BCUT2D eigenvalue weighted by Gasteiger charge is 2.28. The van der Waals surface area contributed by atoms with E-state index in [1.54, 1.807) is 12.1 Å². The van der Waals surface area contributed by atoms with Crippen molar-refractivity contribution in [2.24, 2.45) is 0 Å². The quantitative estimate of drug-likeness (QED) is 0.380. The van der Waals surface area contributed by atoms with Crippen LogP contribution in [-0.2, 0) is 9.53 Å². The van der Waals surface area contributed by atoms with E-state index in [9.17, 15) is 9.90 Å². The first kappa shape index (κ1) is 22.9. The Bertz CT molecular complexity index is 960. The molecule has 0 saturated heterocycles. The third-order valence-corrected chi connectivity index (χ3v) is 5.77. The largest absolute Gasteiger partial charge is 0.508 e. The Morgan fingerprint density at radius 2 is 1.97 bits per heavy atom. The van der Waals surface area contributed by atoms with Crippen molar-refractivity contribution in [2.45, 2.75) is 78.4 Å². The fourth-order valence-electron chi connectivity index (χ4n) is 4.06. The van der Waals surface area contributed by atoms with Crippen LogP contribution in [0, 0.1) is 6.92 Å². The van der Waals surface area contributed by atoms with Gasteiger partial charge < -0.3 is 14.6 Å². The Hall–Kier alpha value is -2.75. The summed E-state index contributed by atoms with van der Waals surface area (Å²) in [6.45, 7) is 10.3. The molecular formula is C27H34O4. The van der Waals surface area contributed by atoms with E-state index in [2.05, 4.69) is 45.9 Å². The van der Waals surface area contributed by atoms with Gasteiger partial charge in [0.25, 0.3) is 0 Å². The molecule has 4 heteroatoms. The molecule has 3 rings (SSSR count). The molecule has 0 spiro atoms. The van der Waals surface area contributed by atoms with E-state index in [-0.39, 0.29) is 23.4 Å². The molecule has 0 radical (unpaired) electrons. The molecule has 2 atom stereocenters. The molecule has 0 amide bonds. The molecule has 0 aliphatic carbocycles. The monoisotopic (exact) mass is 422 g/mol. The molecule has 0 aromatic heterocycles. The van der Waals surface area contributed by atoms with Crippen molar-refractivity contribution in [3.05, 3.63) is 64.3 Å². The zero-order valence-electron chi connectivity index (χ0n) is 19.3. The van der Waals surface area contributed by atoms with Gasteiger partial charge in [0.15, 0.2) is 0 Å². The Kier molecular flexibility index (Phi) is 7.09. The van der Waals surface area contributed by atoms with Gasteiger partial charge in [0.05, 0.1) is 0 Å². The number of benzene rings is 1. The lowest BCUT2D eigenvalue weighted by Crippen LogP contribution is -2.32. The van der Waals surface area contributed by atoms with Crippen LogP contribution in [0.2, 0.25) is 0 Å². The molecule has 166 valence electrons. The van der Waals surface area contributed by atoms with E-state index in [1.165, 1.54) is 11.1 Å². The van der Waals surface area contributed by atoms with Gasteiger partial charge in [-0.3, -0.25) is 0 Å². The van der Waals surface area contributed by atoms with Crippen molar-refractivity contribution < 1.29 is 19.4 Å². The molecule has 0 saturated carbocycles. The molecule has 4 nitrogen and oxygen atoms in total. The molecule has 0 fully saturated rings. The van der Waals surface area contributed by atoms with Crippen molar-refractivity contribution >= 4 is 12.0 Å². The van der Waals surface area contributed by atoms with Gasteiger partial charge in [-0.15, -0.1) is 0 Å². The van der Waals surface area contributed by atoms with Crippen LogP contribution in [0.15, 0.2) is 53.2 Å². The first-order chi connectivity index (χ1) is 14.6. The number of hydrogen-bond donors (Lipinski definition) is 1. The molecule has 2 heterocycles. The fraction of sp³-hybridized carbons (Fsp3) is 0.444. The third kappa shape index (κ3) is 6.13. The van der Waals surface area contributed by atoms with E-state index in [1.807, 2.05) is 19.1 Å². The molecule has 0 bridgehead atoms. The molecule has 31 heavy (non-hydrogen) atoms.